The van der Waals surface area contributed by atoms with Gasteiger partial charge in [0.2, 0.25) is 11.7 Å². The molecule has 1 spiro atoms. The number of allylic oxidation sites excluding steroid dienone is 2. The summed E-state index contributed by atoms with van der Waals surface area (Å²) in [6, 6.07) is 3.33. The van der Waals surface area contributed by atoms with E-state index in [2.05, 4.69) is 15.6 Å². The number of likely N-dealkylation sites (tertiary alicyclic amines) is 1. The number of nitrogens with zero attached hydrogens (tertiary/aromatic N) is 3. The lowest BCUT2D eigenvalue weighted by atomic mass is 9.82. The van der Waals surface area contributed by atoms with Crippen molar-refractivity contribution in [3.8, 4) is 0 Å². The molecule has 0 aromatic carbocycles. The Morgan fingerprint density at radius 2 is 1.81 bits per heavy atom. The van der Waals surface area contributed by atoms with Crippen LogP contribution in [0.25, 0.3) is 6.08 Å². The first-order chi connectivity index (χ1) is 19.9. The molecule has 1 aliphatic heterocycles. The number of carbonyl (C=O) groups is 5. The summed E-state index contributed by atoms with van der Waals surface area (Å²) < 4.78 is 8.40. The number of H-pyrrole nitrogens is 1. The maximum atomic E-state index is 13.4. The van der Waals surface area contributed by atoms with Gasteiger partial charge < -0.3 is 34.4 Å². The van der Waals surface area contributed by atoms with Gasteiger partial charge in [-0.25, -0.2) is 4.79 Å². The Hall–Kier alpha value is -5.13. The summed E-state index contributed by atoms with van der Waals surface area (Å²) in [5, 5.41) is 5.50. The average molecular weight is 571 g/mol. The van der Waals surface area contributed by atoms with Crippen LogP contribution in [-0.4, -0.2) is 62.1 Å². The fourth-order valence-electron chi connectivity index (χ4n) is 6.40. The molecule has 3 aromatic heterocycles. The highest BCUT2D eigenvalue weighted by molar-refractivity contribution is 6.11. The van der Waals surface area contributed by atoms with Crippen molar-refractivity contribution < 1.29 is 28.7 Å². The van der Waals surface area contributed by atoms with Gasteiger partial charge in [0.15, 0.2) is 0 Å². The molecule has 12 heteroatoms. The number of carbonyl (C=O) groups excluding carboxylic acids is 5. The molecule has 4 heterocycles. The summed E-state index contributed by atoms with van der Waals surface area (Å²) in [5.41, 5.74) is 4.13. The second-order valence-electron chi connectivity index (χ2n) is 11.0. The topological polar surface area (TPSA) is 148 Å². The van der Waals surface area contributed by atoms with Gasteiger partial charge in [-0.15, -0.1) is 0 Å². The summed E-state index contributed by atoms with van der Waals surface area (Å²) in [6.45, 7) is 3.58. The molecule has 0 radical (unpaired) electrons. The fraction of sp³-hybridized carbons (Fsp3) is 0.300. The van der Waals surface area contributed by atoms with Gasteiger partial charge in [-0.2, -0.15) is 0 Å². The van der Waals surface area contributed by atoms with Crippen molar-refractivity contribution >= 4 is 46.9 Å². The third-order valence-corrected chi connectivity index (χ3v) is 8.32. The second kappa shape index (κ2) is 9.47. The van der Waals surface area contributed by atoms with Crippen molar-refractivity contribution in [1.29, 1.82) is 0 Å². The largest absolute Gasteiger partial charge is 0.465 e. The van der Waals surface area contributed by atoms with E-state index in [-0.39, 0.29) is 29.4 Å². The van der Waals surface area contributed by atoms with Crippen LogP contribution in [0, 0.1) is 12.8 Å². The average Bonchev–Trinajstić information content (AvgIpc) is 3.23. The molecule has 2 aliphatic carbocycles. The number of anilines is 2. The summed E-state index contributed by atoms with van der Waals surface area (Å²) in [5.74, 6) is -1.54. The Balaban J connectivity index is 1.19. The van der Waals surface area contributed by atoms with Crippen molar-refractivity contribution in [2.75, 3.05) is 24.3 Å². The van der Waals surface area contributed by atoms with Crippen LogP contribution >= 0.6 is 0 Å². The van der Waals surface area contributed by atoms with E-state index in [4.69, 9.17) is 4.74 Å². The first kappa shape index (κ1) is 27.1. The molecule has 3 N–H and O–H groups in total. The van der Waals surface area contributed by atoms with Crippen molar-refractivity contribution in [3.05, 3.63) is 76.3 Å². The number of piperidine rings is 1. The van der Waals surface area contributed by atoms with E-state index >= 15 is 0 Å². The SMILES string of the molecule is COC(=O)c1c(C)[nH]c2c1C13C[C@H]1CN(C(=O)/C=C/c1cc(NC(=O)c4cc(NC(C)=O)cn4C)cn1C)C3=CC2=O. The molecule has 3 aliphatic rings. The summed E-state index contributed by atoms with van der Waals surface area (Å²) >= 11 is 0. The molecule has 1 unspecified atom stereocenters. The third-order valence-electron chi connectivity index (χ3n) is 8.32. The van der Waals surface area contributed by atoms with E-state index in [9.17, 15) is 24.0 Å². The summed E-state index contributed by atoms with van der Waals surface area (Å²) in [4.78, 5) is 68.0. The lowest BCUT2D eigenvalue weighted by molar-refractivity contribution is -0.124. The molecule has 0 bridgehead atoms. The number of fused-ring (bicyclic) bond motifs is 1. The quantitative estimate of drug-likeness (QED) is 0.307. The Morgan fingerprint density at radius 1 is 1.10 bits per heavy atom. The van der Waals surface area contributed by atoms with Gasteiger partial charge in [0.05, 0.1) is 29.7 Å². The molecular weight excluding hydrogens is 540 g/mol. The number of aromatic nitrogens is 3. The first-order valence-corrected chi connectivity index (χ1v) is 13.4. The minimum atomic E-state index is -0.555. The molecule has 2 atom stereocenters. The number of methoxy groups -OCH3 is 1. The molecular formula is C30H30N6O6. The Labute approximate surface area is 241 Å². The van der Waals surface area contributed by atoms with Gasteiger partial charge >= 0.3 is 5.97 Å². The number of nitrogens with one attached hydrogen (secondary N) is 3. The molecule has 216 valence electrons. The number of ketones is 1. The minimum Gasteiger partial charge on any atom is -0.465 e. The van der Waals surface area contributed by atoms with Gasteiger partial charge in [0, 0.05) is 80.2 Å². The van der Waals surface area contributed by atoms with E-state index in [1.54, 1.807) is 65.7 Å². The Kier molecular flexibility index (Phi) is 6.10. The molecule has 2 fully saturated rings. The van der Waals surface area contributed by atoms with Crippen LogP contribution < -0.4 is 10.6 Å². The maximum Gasteiger partial charge on any atom is 0.340 e. The number of aryl methyl sites for hydroxylation is 3. The van der Waals surface area contributed by atoms with Crippen molar-refractivity contribution in [1.82, 2.24) is 19.0 Å². The Morgan fingerprint density at radius 3 is 2.52 bits per heavy atom. The number of rotatable bonds is 6. The highest BCUT2D eigenvalue weighted by Gasteiger charge is 2.68. The highest BCUT2D eigenvalue weighted by atomic mass is 16.5. The van der Waals surface area contributed by atoms with E-state index in [1.165, 1.54) is 26.2 Å². The van der Waals surface area contributed by atoms with E-state index < -0.39 is 11.4 Å². The van der Waals surface area contributed by atoms with E-state index in [1.807, 2.05) is 0 Å². The smallest absolute Gasteiger partial charge is 0.340 e. The molecule has 6 rings (SSSR count). The number of hydrogen-bond acceptors (Lipinski definition) is 6. The number of aromatic amines is 1. The van der Waals surface area contributed by atoms with Gasteiger partial charge in [0.25, 0.3) is 11.8 Å². The van der Waals surface area contributed by atoms with Crippen LogP contribution in [0.3, 0.4) is 0 Å². The van der Waals surface area contributed by atoms with Crippen molar-refractivity contribution in [3.63, 3.8) is 0 Å². The fourth-order valence-corrected chi connectivity index (χ4v) is 6.40. The molecule has 3 aromatic rings. The molecule has 12 nitrogen and oxygen atoms in total. The number of amides is 3. The zero-order valence-electron chi connectivity index (χ0n) is 23.8. The molecule has 3 amide bonds. The standard InChI is InChI=1S/C30H30N6O6/c1-15-25(29(41)42-5)26-27(31-15)22(38)10-23-30(26)11-17(30)12-36(23)24(39)7-6-20-8-18(13-34(20)3)33-28(40)21-9-19(14-35(21)4)32-16(2)37/h6-10,13-14,17,31H,11-12H2,1-5H3,(H,32,37)(H,33,40)/b7-6+/t17-,30?/m0/s1. The highest BCUT2D eigenvalue weighted by Crippen LogP contribution is 2.67. The zero-order chi connectivity index (χ0) is 30.1. The monoisotopic (exact) mass is 570 g/mol. The van der Waals surface area contributed by atoms with Gasteiger partial charge in [-0.3, -0.25) is 19.2 Å². The lowest BCUT2D eigenvalue weighted by Gasteiger charge is -2.27. The maximum absolute atomic E-state index is 13.4. The summed E-state index contributed by atoms with van der Waals surface area (Å²) in [6.07, 6.45) is 8.74. The number of ether oxygens (including phenoxy) is 1. The van der Waals surface area contributed by atoms with Gasteiger partial charge in [-0.1, -0.05) is 0 Å². The minimum absolute atomic E-state index is 0.104. The van der Waals surface area contributed by atoms with Gasteiger partial charge in [0.1, 0.15) is 5.69 Å². The third kappa shape index (κ3) is 4.09. The summed E-state index contributed by atoms with van der Waals surface area (Å²) in [7, 11) is 4.82. The number of hydrogen-bond donors (Lipinski definition) is 3. The Bertz CT molecular complexity index is 1780. The second-order valence-corrected chi connectivity index (χ2v) is 11.0. The van der Waals surface area contributed by atoms with E-state index in [0.29, 0.717) is 57.5 Å². The molecule has 1 saturated heterocycles. The van der Waals surface area contributed by atoms with Crippen LogP contribution in [0.2, 0.25) is 0 Å². The molecule has 1 saturated carbocycles. The van der Waals surface area contributed by atoms with Crippen LogP contribution in [-0.2, 0) is 33.8 Å². The predicted octanol–water partition coefficient (Wildman–Crippen LogP) is 2.89. The van der Waals surface area contributed by atoms with Crippen LogP contribution in [0.15, 0.2) is 42.4 Å². The van der Waals surface area contributed by atoms with Crippen molar-refractivity contribution in [2.24, 2.45) is 20.0 Å². The number of esters is 1. The van der Waals surface area contributed by atoms with Crippen molar-refractivity contribution in [2.45, 2.75) is 25.7 Å². The van der Waals surface area contributed by atoms with Crippen LogP contribution in [0.1, 0.15) is 61.6 Å². The van der Waals surface area contributed by atoms with Crippen LogP contribution in [0.4, 0.5) is 11.4 Å². The molecule has 42 heavy (non-hydrogen) atoms. The lowest BCUT2D eigenvalue weighted by Crippen LogP contribution is -2.33. The van der Waals surface area contributed by atoms with E-state index in [0.717, 1.165) is 6.42 Å². The first-order valence-electron chi connectivity index (χ1n) is 13.4. The zero-order valence-corrected chi connectivity index (χ0v) is 23.8. The van der Waals surface area contributed by atoms with Crippen LogP contribution in [0.5, 0.6) is 0 Å². The van der Waals surface area contributed by atoms with Gasteiger partial charge in [-0.05, 0) is 37.5 Å². The normalized spacial score (nSPS) is 20.1. The predicted molar refractivity (Wildman–Crippen MR) is 153 cm³/mol.